The number of carbonyl (C=O) groups is 1. The molecule has 0 unspecified atom stereocenters. The Morgan fingerprint density at radius 1 is 1.45 bits per heavy atom. The summed E-state index contributed by atoms with van der Waals surface area (Å²) in [5.41, 5.74) is 2.42. The van der Waals surface area contributed by atoms with Gasteiger partial charge in [-0.2, -0.15) is 11.3 Å². The van der Waals surface area contributed by atoms with Gasteiger partial charge in [-0.1, -0.05) is 12.1 Å². The smallest absolute Gasteiger partial charge is 0.251 e. The van der Waals surface area contributed by atoms with Gasteiger partial charge in [-0.05, 0) is 40.1 Å². The van der Waals surface area contributed by atoms with Gasteiger partial charge in [-0.25, -0.2) is 0 Å². The van der Waals surface area contributed by atoms with Crippen molar-refractivity contribution in [3.63, 3.8) is 0 Å². The Bertz CT molecular complexity index is 554. The minimum Gasteiger partial charge on any atom is -0.394 e. The molecule has 0 fully saturated rings. The lowest BCUT2D eigenvalue weighted by molar-refractivity contribution is 0.0916. The van der Waals surface area contributed by atoms with E-state index < -0.39 is 0 Å². The molecule has 1 atom stereocenters. The molecule has 0 radical (unpaired) electrons. The lowest BCUT2D eigenvalue weighted by Crippen LogP contribution is -2.30. The quantitative estimate of drug-likeness (QED) is 0.859. The summed E-state index contributed by atoms with van der Waals surface area (Å²) in [6, 6.07) is 8.79. The van der Waals surface area contributed by atoms with Crippen LogP contribution in [0.25, 0.3) is 0 Å². The number of ether oxygens (including phenoxy) is 1. The second-order valence-electron chi connectivity index (χ2n) is 4.40. The minimum absolute atomic E-state index is 0.125. The highest BCUT2D eigenvalue weighted by Gasteiger charge is 2.15. The van der Waals surface area contributed by atoms with Crippen LogP contribution in [0, 0.1) is 0 Å². The normalized spacial score (nSPS) is 12.1. The fraction of sp³-hybridized carbons (Fsp3) is 0.267. The third-order valence-electron chi connectivity index (χ3n) is 2.93. The van der Waals surface area contributed by atoms with Crippen LogP contribution in [0.2, 0.25) is 0 Å². The van der Waals surface area contributed by atoms with Gasteiger partial charge in [-0.3, -0.25) is 4.79 Å². The summed E-state index contributed by atoms with van der Waals surface area (Å²) in [5.74, 6) is -0.201. The molecule has 2 aromatic rings. The predicted octanol–water partition coefficient (Wildman–Crippen LogP) is 2.36. The van der Waals surface area contributed by atoms with Crippen molar-refractivity contribution in [2.45, 2.75) is 12.6 Å². The van der Waals surface area contributed by atoms with Gasteiger partial charge in [-0.15, -0.1) is 0 Å². The van der Waals surface area contributed by atoms with Crippen LogP contribution in [-0.4, -0.2) is 24.7 Å². The van der Waals surface area contributed by atoms with Crippen molar-refractivity contribution < 1.29 is 14.6 Å². The molecule has 0 aliphatic carbocycles. The van der Waals surface area contributed by atoms with Gasteiger partial charge < -0.3 is 15.2 Å². The fourth-order valence-electron chi connectivity index (χ4n) is 1.92. The second kappa shape index (κ2) is 7.19. The molecule has 0 aliphatic rings. The fourth-order valence-corrected chi connectivity index (χ4v) is 2.63. The first-order chi connectivity index (χ1) is 9.74. The largest absolute Gasteiger partial charge is 0.394 e. The van der Waals surface area contributed by atoms with Crippen molar-refractivity contribution >= 4 is 17.2 Å². The summed E-state index contributed by atoms with van der Waals surface area (Å²) in [4.78, 5) is 12.2. The number of benzene rings is 1. The number of amides is 1. The van der Waals surface area contributed by atoms with Crippen molar-refractivity contribution in [2.24, 2.45) is 0 Å². The summed E-state index contributed by atoms with van der Waals surface area (Å²) in [6.07, 6.45) is 0. The molecule has 2 N–H and O–H groups in total. The summed E-state index contributed by atoms with van der Waals surface area (Å²) in [6.45, 7) is 0.343. The molecule has 1 heterocycles. The maximum absolute atomic E-state index is 12.2. The van der Waals surface area contributed by atoms with Gasteiger partial charge in [0, 0.05) is 12.7 Å². The number of nitrogens with one attached hydrogen (secondary N) is 1. The Kier molecular flexibility index (Phi) is 5.29. The van der Waals surface area contributed by atoms with Gasteiger partial charge >= 0.3 is 0 Å². The maximum atomic E-state index is 12.2. The van der Waals surface area contributed by atoms with Crippen LogP contribution < -0.4 is 5.32 Å². The molecule has 0 saturated carbocycles. The maximum Gasteiger partial charge on any atom is 0.251 e. The van der Waals surface area contributed by atoms with E-state index in [2.05, 4.69) is 5.32 Å². The molecule has 2 rings (SSSR count). The zero-order valence-electron chi connectivity index (χ0n) is 11.2. The van der Waals surface area contributed by atoms with Crippen molar-refractivity contribution in [1.82, 2.24) is 5.32 Å². The van der Waals surface area contributed by atoms with E-state index in [4.69, 9.17) is 4.74 Å². The monoisotopic (exact) mass is 291 g/mol. The molecular weight excluding hydrogens is 274 g/mol. The summed E-state index contributed by atoms with van der Waals surface area (Å²) in [5, 5.41) is 16.1. The van der Waals surface area contributed by atoms with Gasteiger partial charge in [0.15, 0.2) is 0 Å². The molecule has 0 aliphatic heterocycles. The number of hydrogen-bond acceptors (Lipinski definition) is 4. The van der Waals surface area contributed by atoms with Crippen molar-refractivity contribution in [3.05, 3.63) is 57.8 Å². The number of carbonyl (C=O) groups excluding carboxylic acids is 1. The topological polar surface area (TPSA) is 58.6 Å². The highest BCUT2D eigenvalue weighted by Crippen LogP contribution is 2.17. The minimum atomic E-state index is -0.375. The van der Waals surface area contributed by atoms with Crippen molar-refractivity contribution in [3.8, 4) is 0 Å². The Hall–Kier alpha value is -1.69. The lowest BCUT2D eigenvalue weighted by atomic mass is 10.1. The van der Waals surface area contributed by atoms with Gasteiger partial charge in [0.2, 0.25) is 0 Å². The molecule has 5 heteroatoms. The van der Waals surface area contributed by atoms with Crippen LogP contribution in [0.4, 0.5) is 0 Å². The van der Waals surface area contributed by atoms with E-state index in [-0.39, 0.29) is 18.6 Å². The predicted molar refractivity (Wildman–Crippen MR) is 78.8 cm³/mol. The zero-order chi connectivity index (χ0) is 14.4. The van der Waals surface area contributed by atoms with E-state index in [9.17, 15) is 9.90 Å². The Morgan fingerprint density at radius 3 is 2.95 bits per heavy atom. The molecule has 1 aromatic carbocycles. The highest BCUT2D eigenvalue weighted by molar-refractivity contribution is 7.07. The molecule has 0 saturated heterocycles. The number of aliphatic hydroxyl groups excluding tert-OH is 1. The summed E-state index contributed by atoms with van der Waals surface area (Å²) < 4.78 is 5.05. The van der Waals surface area contributed by atoms with Crippen LogP contribution in [-0.2, 0) is 11.3 Å². The number of aliphatic hydroxyl groups is 1. The molecule has 0 spiro atoms. The van der Waals surface area contributed by atoms with Gasteiger partial charge in [0.1, 0.15) is 0 Å². The van der Waals surface area contributed by atoms with Crippen molar-refractivity contribution in [2.75, 3.05) is 13.7 Å². The zero-order valence-corrected chi connectivity index (χ0v) is 12.0. The first-order valence-electron chi connectivity index (χ1n) is 6.26. The SMILES string of the molecule is COCc1cccc(C(=O)N[C@@H](CO)c2ccsc2)c1. The third-order valence-corrected chi connectivity index (χ3v) is 3.64. The lowest BCUT2D eigenvalue weighted by Gasteiger charge is -2.15. The summed E-state index contributed by atoms with van der Waals surface area (Å²) in [7, 11) is 1.62. The number of rotatable bonds is 6. The standard InChI is InChI=1S/C15H17NO3S/c1-19-9-11-3-2-4-12(7-11)15(18)16-14(8-17)13-5-6-20-10-13/h2-7,10,14,17H,8-9H2,1H3,(H,16,18)/t14-/m0/s1. The third kappa shape index (κ3) is 3.66. The molecule has 4 nitrogen and oxygen atoms in total. The van der Waals surface area contributed by atoms with E-state index in [1.54, 1.807) is 19.2 Å². The molecule has 20 heavy (non-hydrogen) atoms. The van der Waals surface area contributed by atoms with E-state index >= 15 is 0 Å². The van der Waals surface area contributed by atoms with Gasteiger partial charge in [0.25, 0.3) is 5.91 Å². The van der Waals surface area contributed by atoms with E-state index in [0.717, 1.165) is 11.1 Å². The molecule has 0 bridgehead atoms. The van der Waals surface area contributed by atoms with Crippen LogP contribution in [0.3, 0.4) is 0 Å². The first-order valence-corrected chi connectivity index (χ1v) is 7.20. The molecule has 1 aromatic heterocycles. The number of hydrogen-bond donors (Lipinski definition) is 2. The number of thiophene rings is 1. The molecule has 1 amide bonds. The first kappa shape index (κ1) is 14.7. The Morgan fingerprint density at radius 2 is 2.30 bits per heavy atom. The van der Waals surface area contributed by atoms with Gasteiger partial charge in [0.05, 0.1) is 19.3 Å². The summed E-state index contributed by atoms with van der Waals surface area (Å²) >= 11 is 1.54. The van der Waals surface area contributed by atoms with Crippen LogP contribution in [0.5, 0.6) is 0 Å². The van der Waals surface area contributed by atoms with Crippen LogP contribution in [0.15, 0.2) is 41.1 Å². The Labute approximate surface area is 122 Å². The van der Waals surface area contributed by atoms with E-state index in [0.29, 0.717) is 12.2 Å². The molecule has 106 valence electrons. The average Bonchev–Trinajstić information content (AvgIpc) is 2.99. The van der Waals surface area contributed by atoms with Crippen LogP contribution >= 0.6 is 11.3 Å². The van der Waals surface area contributed by atoms with E-state index in [1.807, 2.05) is 29.0 Å². The highest BCUT2D eigenvalue weighted by atomic mass is 32.1. The number of methoxy groups -OCH3 is 1. The Balaban J connectivity index is 2.09. The van der Waals surface area contributed by atoms with Crippen LogP contribution in [0.1, 0.15) is 27.5 Å². The van der Waals surface area contributed by atoms with Crippen molar-refractivity contribution in [1.29, 1.82) is 0 Å². The second-order valence-corrected chi connectivity index (χ2v) is 5.18. The average molecular weight is 291 g/mol. The van der Waals surface area contributed by atoms with E-state index in [1.165, 1.54) is 11.3 Å². The molecular formula is C15H17NO3S.